The van der Waals surface area contributed by atoms with Gasteiger partial charge < -0.3 is 9.63 Å². The second-order valence-electron chi connectivity index (χ2n) is 4.74. The smallest absolute Gasteiger partial charge is 0.246 e. The van der Waals surface area contributed by atoms with Crippen LogP contribution in [0.5, 0.6) is 5.75 Å². The Morgan fingerprint density at radius 3 is 2.80 bits per heavy atom. The summed E-state index contributed by atoms with van der Waals surface area (Å²) in [5.74, 6) is -0.188. The fraction of sp³-hybridized carbons (Fsp3) is 0.308. The number of aromatic hydroxyl groups is 1. The first-order chi connectivity index (χ1) is 9.59. The van der Waals surface area contributed by atoms with Crippen molar-refractivity contribution in [1.29, 1.82) is 0 Å². The molecule has 0 radical (unpaired) electrons. The second kappa shape index (κ2) is 4.92. The molecule has 0 spiro atoms. The standard InChI is InChI=1S/C13H14N2O4S/c16-12-3-1-2-4-13(12)20(17,18)15-7-5-10(9-15)11-6-8-19-14-11/h1-4,6,8,10,16H,5,7,9H2. The molecule has 0 bridgehead atoms. The van der Waals surface area contributed by atoms with Crippen molar-refractivity contribution in [3.8, 4) is 5.75 Å². The Kier molecular flexibility index (Phi) is 3.23. The minimum Gasteiger partial charge on any atom is -0.507 e. The highest BCUT2D eigenvalue weighted by Crippen LogP contribution is 2.32. The molecule has 1 fully saturated rings. The van der Waals surface area contributed by atoms with Gasteiger partial charge >= 0.3 is 0 Å². The van der Waals surface area contributed by atoms with Gasteiger partial charge in [-0.15, -0.1) is 0 Å². The summed E-state index contributed by atoms with van der Waals surface area (Å²) >= 11 is 0. The Morgan fingerprint density at radius 1 is 1.30 bits per heavy atom. The zero-order chi connectivity index (χ0) is 14.2. The predicted octanol–water partition coefficient (Wildman–Crippen LogP) is 1.56. The summed E-state index contributed by atoms with van der Waals surface area (Å²) in [6.07, 6.45) is 2.18. The number of hydrogen-bond donors (Lipinski definition) is 1. The molecule has 1 N–H and O–H groups in total. The maximum Gasteiger partial charge on any atom is 0.246 e. The number of hydrogen-bond acceptors (Lipinski definition) is 5. The van der Waals surface area contributed by atoms with E-state index in [-0.39, 0.29) is 16.6 Å². The van der Waals surface area contributed by atoms with E-state index in [1.54, 1.807) is 18.2 Å². The van der Waals surface area contributed by atoms with Crippen LogP contribution in [0.3, 0.4) is 0 Å². The van der Waals surface area contributed by atoms with Crippen LogP contribution in [0.2, 0.25) is 0 Å². The number of sulfonamides is 1. The fourth-order valence-corrected chi connectivity index (χ4v) is 4.02. The lowest BCUT2D eigenvalue weighted by Gasteiger charge is -2.16. The van der Waals surface area contributed by atoms with Gasteiger partial charge in [0.2, 0.25) is 10.0 Å². The summed E-state index contributed by atoms with van der Waals surface area (Å²) in [4.78, 5) is -0.0548. The van der Waals surface area contributed by atoms with E-state index in [1.165, 1.54) is 22.7 Å². The van der Waals surface area contributed by atoms with Crippen LogP contribution in [0.25, 0.3) is 0 Å². The van der Waals surface area contributed by atoms with Crippen molar-refractivity contribution in [3.63, 3.8) is 0 Å². The van der Waals surface area contributed by atoms with E-state index < -0.39 is 10.0 Å². The van der Waals surface area contributed by atoms with Crippen LogP contribution in [0, 0.1) is 0 Å². The molecule has 1 aliphatic rings. The Labute approximate surface area is 116 Å². The predicted molar refractivity (Wildman–Crippen MR) is 70.7 cm³/mol. The SMILES string of the molecule is O=S(=O)(c1ccccc1O)N1CCC(c2ccon2)C1. The van der Waals surface area contributed by atoms with Crippen LogP contribution < -0.4 is 0 Å². The maximum atomic E-state index is 12.5. The summed E-state index contributed by atoms with van der Waals surface area (Å²) in [5, 5.41) is 13.6. The normalized spacial score (nSPS) is 20.3. The third-order valence-electron chi connectivity index (χ3n) is 3.51. The molecule has 20 heavy (non-hydrogen) atoms. The van der Waals surface area contributed by atoms with Crippen LogP contribution >= 0.6 is 0 Å². The first kappa shape index (κ1) is 13.1. The molecule has 6 nitrogen and oxygen atoms in total. The zero-order valence-corrected chi connectivity index (χ0v) is 11.5. The third kappa shape index (κ3) is 2.19. The Bertz CT molecular complexity index is 697. The average molecular weight is 294 g/mol. The zero-order valence-electron chi connectivity index (χ0n) is 10.6. The molecule has 0 saturated carbocycles. The number of para-hydroxylation sites is 1. The van der Waals surface area contributed by atoms with Crippen molar-refractivity contribution in [3.05, 3.63) is 42.3 Å². The van der Waals surface area contributed by atoms with Gasteiger partial charge in [-0.05, 0) is 18.6 Å². The number of phenols is 1. The molecule has 1 unspecified atom stereocenters. The van der Waals surface area contributed by atoms with Gasteiger partial charge in [-0.3, -0.25) is 0 Å². The summed E-state index contributed by atoms with van der Waals surface area (Å²) in [6, 6.07) is 7.72. The van der Waals surface area contributed by atoms with Gasteiger partial charge in [-0.2, -0.15) is 4.31 Å². The van der Waals surface area contributed by atoms with Crippen LogP contribution in [0.4, 0.5) is 0 Å². The van der Waals surface area contributed by atoms with Crippen LogP contribution in [0.15, 0.2) is 46.0 Å². The lowest BCUT2D eigenvalue weighted by atomic mass is 10.1. The molecular weight excluding hydrogens is 280 g/mol. The van der Waals surface area contributed by atoms with Crippen molar-refractivity contribution in [2.24, 2.45) is 0 Å². The summed E-state index contributed by atoms with van der Waals surface area (Å²) in [7, 11) is -3.67. The number of phenolic OH excluding ortho intramolecular Hbond substituents is 1. The minimum atomic E-state index is -3.67. The highest BCUT2D eigenvalue weighted by molar-refractivity contribution is 7.89. The molecule has 0 aliphatic carbocycles. The number of nitrogens with zero attached hydrogens (tertiary/aromatic N) is 2. The molecule has 0 amide bonds. The molecule has 106 valence electrons. The highest BCUT2D eigenvalue weighted by Gasteiger charge is 2.35. The Morgan fingerprint density at radius 2 is 2.10 bits per heavy atom. The number of rotatable bonds is 3. The molecule has 2 aromatic rings. The van der Waals surface area contributed by atoms with E-state index in [2.05, 4.69) is 5.16 Å². The van der Waals surface area contributed by atoms with Crippen molar-refractivity contribution in [2.45, 2.75) is 17.2 Å². The van der Waals surface area contributed by atoms with Crippen molar-refractivity contribution >= 4 is 10.0 Å². The monoisotopic (exact) mass is 294 g/mol. The van der Waals surface area contributed by atoms with E-state index >= 15 is 0 Å². The maximum absolute atomic E-state index is 12.5. The lowest BCUT2D eigenvalue weighted by molar-refractivity contribution is 0.403. The van der Waals surface area contributed by atoms with Crippen molar-refractivity contribution in [2.75, 3.05) is 13.1 Å². The molecule has 1 saturated heterocycles. The molecule has 1 aromatic carbocycles. The molecule has 1 atom stereocenters. The highest BCUT2D eigenvalue weighted by atomic mass is 32.2. The molecule has 1 aliphatic heterocycles. The summed E-state index contributed by atoms with van der Waals surface area (Å²) < 4.78 is 31.2. The Hall–Kier alpha value is -1.86. The van der Waals surface area contributed by atoms with Gasteiger partial charge in [0.25, 0.3) is 0 Å². The average Bonchev–Trinajstić information content (AvgIpc) is 3.10. The van der Waals surface area contributed by atoms with Gasteiger partial charge in [-0.25, -0.2) is 8.42 Å². The van der Waals surface area contributed by atoms with E-state index in [1.807, 2.05) is 0 Å². The van der Waals surface area contributed by atoms with Crippen molar-refractivity contribution in [1.82, 2.24) is 9.46 Å². The molecule has 3 rings (SSSR count). The van der Waals surface area contributed by atoms with Gasteiger partial charge in [0.05, 0.1) is 5.69 Å². The first-order valence-corrected chi connectivity index (χ1v) is 7.71. The summed E-state index contributed by atoms with van der Waals surface area (Å²) in [5.41, 5.74) is 0.764. The number of aromatic nitrogens is 1. The fourth-order valence-electron chi connectivity index (χ4n) is 2.43. The van der Waals surface area contributed by atoms with Crippen LogP contribution in [-0.2, 0) is 10.0 Å². The lowest BCUT2D eigenvalue weighted by Crippen LogP contribution is -2.28. The Balaban J connectivity index is 1.85. The molecule has 2 heterocycles. The minimum absolute atomic E-state index is 0.0365. The summed E-state index contributed by atoms with van der Waals surface area (Å²) in [6.45, 7) is 0.761. The van der Waals surface area contributed by atoms with E-state index in [0.717, 1.165) is 5.69 Å². The molecule has 7 heteroatoms. The van der Waals surface area contributed by atoms with E-state index in [4.69, 9.17) is 4.52 Å². The third-order valence-corrected chi connectivity index (χ3v) is 5.42. The van der Waals surface area contributed by atoms with Gasteiger partial charge in [-0.1, -0.05) is 17.3 Å². The van der Waals surface area contributed by atoms with Gasteiger partial charge in [0, 0.05) is 25.1 Å². The van der Waals surface area contributed by atoms with E-state index in [0.29, 0.717) is 19.5 Å². The van der Waals surface area contributed by atoms with E-state index in [9.17, 15) is 13.5 Å². The largest absolute Gasteiger partial charge is 0.507 e. The van der Waals surface area contributed by atoms with Crippen molar-refractivity contribution < 1.29 is 18.0 Å². The van der Waals surface area contributed by atoms with Gasteiger partial charge in [0.1, 0.15) is 16.9 Å². The first-order valence-electron chi connectivity index (χ1n) is 6.27. The quantitative estimate of drug-likeness (QED) is 0.928. The molecule has 1 aromatic heterocycles. The molecular formula is C13H14N2O4S. The second-order valence-corrected chi connectivity index (χ2v) is 6.65. The topological polar surface area (TPSA) is 83.6 Å². The van der Waals surface area contributed by atoms with Crippen LogP contribution in [0.1, 0.15) is 18.0 Å². The number of benzene rings is 1. The van der Waals surface area contributed by atoms with Crippen LogP contribution in [-0.4, -0.2) is 36.1 Å². The van der Waals surface area contributed by atoms with Gasteiger partial charge in [0.15, 0.2) is 0 Å².